The second-order valence-electron chi connectivity index (χ2n) is 6.48. The summed E-state index contributed by atoms with van der Waals surface area (Å²) in [6, 6.07) is 10.00. The van der Waals surface area contributed by atoms with E-state index in [0.717, 1.165) is 21.6 Å². The minimum absolute atomic E-state index is 0.0236. The van der Waals surface area contributed by atoms with Crippen LogP contribution in [0, 0.1) is 12.7 Å². The van der Waals surface area contributed by atoms with E-state index in [2.05, 4.69) is 9.97 Å². The van der Waals surface area contributed by atoms with Crippen molar-refractivity contribution < 1.29 is 14.0 Å². The number of allylic oxidation sites excluding steroid dienone is 1. The van der Waals surface area contributed by atoms with Gasteiger partial charge in [0.15, 0.2) is 11.6 Å². The third-order valence-corrected chi connectivity index (χ3v) is 5.82. The lowest BCUT2D eigenvalue weighted by atomic mass is 10.00. The van der Waals surface area contributed by atoms with Crippen molar-refractivity contribution in [1.29, 1.82) is 0 Å². The maximum absolute atomic E-state index is 13.0. The molecule has 1 aliphatic carbocycles. The zero-order valence-corrected chi connectivity index (χ0v) is 16.4. The first kappa shape index (κ1) is 18.7. The van der Waals surface area contributed by atoms with Crippen LogP contribution in [0.4, 0.5) is 4.39 Å². The van der Waals surface area contributed by atoms with Gasteiger partial charge in [0, 0.05) is 27.5 Å². The molecule has 0 radical (unpaired) electrons. The third-order valence-electron chi connectivity index (χ3n) is 4.53. The van der Waals surface area contributed by atoms with E-state index in [1.165, 1.54) is 23.5 Å². The summed E-state index contributed by atoms with van der Waals surface area (Å²) < 4.78 is 13.0. The second-order valence-corrected chi connectivity index (χ2v) is 8.12. The van der Waals surface area contributed by atoms with Gasteiger partial charge in [-0.05, 0) is 37.3 Å². The maximum Gasteiger partial charge on any atom is 0.175 e. The number of carbonyl (C=O) groups excluding carboxylic acids is 2. The summed E-state index contributed by atoms with van der Waals surface area (Å²) in [5.41, 5.74) is 2.19. The number of hydrogen-bond acceptors (Lipinski definition) is 5. The molecule has 1 unspecified atom stereocenters. The lowest BCUT2D eigenvalue weighted by molar-refractivity contribution is -0.123. The SMILES string of the molecule is Cc1sc(-c2ccc(Cl)cc2)nc1C1C(=O)C/C(=C\c2ccc(F)cn2)C1=O. The molecule has 0 saturated heterocycles. The number of aryl methyl sites for hydroxylation is 1. The van der Waals surface area contributed by atoms with Gasteiger partial charge in [0.05, 0.1) is 17.6 Å². The lowest BCUT2D eigenvalue weighted by Gasteiger charge is -2.04. The van der Waals surface area contributed by atoms with Crippen LogP contribution in [-0.2, 0) is 9.59 Å². The van der Waals surface area contributed by atoms with Crippen molar-refractivity contribution in [1.82, 2.24) is 9.97 Å². The van der Waals surface area contributed by atoms with E-state index >= 15 is 0 Å². The van der Waals surface area contributed by atoms with Crippen LogP contribution in [0.2, 0.25) is 5.02 Å². The molecule has 4 nitrogen and oxygen atoms in total. The van der Waals surface area contributed by atoms with Gasteiger partial charge >= 0.3 is 0 Å². The Kier molecular flexibility index (Phi) is 4.91. The van der Waals surface area contributed by atoms with E-state index in [1.54, 1.807) is 18.2 Å². The average Bonchev–Trinajstić information content (AvgIpc) is 3.17. The number of nitrogens with zero attached hydrogens (tertiary/aromatic N) is 2. The van der Waals surface area contributed by atoms with Crippen molar-refractivity contribution in [3.63, 3.8) is 0 Å². The van der Waals surface area contributed by atoms with Crippen LogP contribution in [0.1, 0.15) is 28.6 Å². The Morgan fingerprint density at radius 3 is 2.61 bits per heavy atom. The molecule has 140 valence electrons. The number of rotatable bonds is 3. The van der Waals surface area contributed by atoms with Gasteiger partial charge in [-0.1, -0.05) is 23.7 Å². The van der Waals surface area contributed by atoms with Crippen LogP contribution in [0.3, 0.4) is 0 Å². The van der Waals surface area contributed by atoms with Gasteiger partial charge in [-0.15, -0.1) is 11.3 Å². The van der Waals surface area contributed by atoms with Crippen molar-refractivity contribution in [3.05, 3.63) is 75.3 Å². The molecule has 0 amide bonds. The van der Waals surface area contributed by atoms with E-state index in [-0.39, 0.29) is 18.0 Å². The second kappa shape index (κ2) is 7.37. The highest BCUT2D eigenvalue weighted by Gasteiger charge is 2.40. The summed E-state index contributed by atoms with van der Waals surface area (Å²) in [4.78, 5) is 34.8. The first-order valence-electron chi connectivity index (χ1n) is 8.54. The van der Waals surface area contributed by atoms with E-state index in [9.17, 15) is 14.0 Å². The zero-order chi connectivity index (χ0) is 19.8. The molecule has 2 heterocycles. The maximum atomic E-state index is 13.0. The highest BCUT2D eigenvalue weighted by Crippen LogP contribution is 2.38. The van der Waals surface area contributed by atoms with Crippen LogP contribution in [0.15, 0.2) is 48.2 Å². The minimum atomic E-state index is -0.899. The predicted octanol–water partition coefficient (Wildman–Crippen LogP) is 5.02. The smallest absolute Gasteiger partial charge is 0.175 e. The number of benzene rings is 1. The molecule has 0 aliphatic heterocycles. The molecular formula is C21H14ClFN2O2S. The quantitative estimate of drug-likeness (QED) is 0.448. The predicted molar refractivity (Wildman–Crippen MR) is 107 cm³/mol. The van der Waals surface area contributed by atoms with E-state index in [1.807, 2.05) is 19.1 Å². The van der Waals surface area contributed by atoms with Crippen molar-refractivity contribution in [2.45, 2.75) is 19.3 Å². The largest absolute Gasteiger partial charge is 0.298 e. The van der Waals surface area contributed by atoms with E-state index < -0.39 is 11.7 Å². The molecule has 1 aliphatic rings. The number of aromatic nitrogens is 2. The molecule has 0 spiro atoms. The summed E-state index contributed by atoms with van der Waals surface area (Å²) in [5, 5.41) is 1.37. The molecule has 0 N–H and O–H groups in total. The van der Waals surface area contributed by atoms with Crippen molar-refractivity contribution in [2.24, 2.45) is 0 Å². The lowest BCUT2D eigenvalue weighted by Crippen LogP contribution is -2.14. The Balaban J connectivity index is 1.66. The molecule has 1 saturated carbocycles. The molecule has 3 aromatic rings. The van der Waals surface area contributed by atoms with Crippen LogP contribution >= 0.6 is 22.9 Å². The fraction of sp³-hybridized carbons (Fsp3) is 0.143. The van der Waals surface area contributed by atoms with Gasteiger partial charge in [0.25, 0.3) is 0 Å². The number of carbonyl (C=O) groups is 2. The Morgan fingerprint density at radius 2 is 1.93 bits per heavy atom. The number of halogens is 2. The van der Waals surface area contributed by atoms with Crippen molar-refractivity contribution >= 4 is 40.6 Å². The Labute approximate surface area is 169 Å². The van der Waals surface area contributed by atoms with Crippen LogP contribution in [0.25, 0.3) is 16.6 Å². The molecule has 28 heavy (non-hydrogen) atoms. The normalized spacial score (nSPS) is 18.2. The number of hydrogen-bond donors (Lipinski definition) is 0. The molecule has 2 aromatic heterocycles. The van der Waals surface area contributed by atoms with Crippen LogP contribution in [-0.4, -0.2) is 21.5 Å². The van der Waals surface area contributed by atoms with Gasteiger partial charge in [0.1, 0.15) is 16.7 Å². The van der Waals surface area contributed by atoms with Gasteiger partial charge < -0.3 is 0 Å². The molecule has 1 aromatic carbocycles. The van der Waals surface area contributed by atoms with Gasteiger partial charge in [-0.2, -0.15) is 0 Å². The van der Waals surface area contributed by atoms with E-state index in [0.29, 0.717) is 22.0 Å². The highest BCUT2D eigenvalue weighted by molar-refractivity contribution is 7.15. The Bertz CT molecular complexity index is 1100. The molecule has 1 fully saturated rings. The van der Waals surface area contributed by atoms with Crippen LogP contribution in [0.5, 0.6) is 0 Å². The first-order chi connectivity index (χ1) is 13.4. The molecule has 0 bridgehead atoms. The minimum Gasteiger partial charge on any atom is -0.298 e. The molecular weight excluding hydrogens is 399 g/mol. The summed E-state index contributed by atoms with van der Waals surface area (Å²) >= 11 is 7.37. The fourth-order valence-corrected chi connectivity index (χ4v) is 4.23. The zero-order valence-electron chi connectivity index (χ0n) is 14.8. The number of pyridine rings is 1. The molecule has 4 rings (SSSR count). The van der Waals surface area contributed by atoms with Crippen molar-refractivity contribution in [3.8, 4) is 10.6 Å². The number of ketones is 2. The molecule has 1 atom stereocenters. The first-order valence-corrected chi connectivity index (χ1v) is 9.74. The summed E-state index contributed by atoms with van der Waals surface area (Å²) in [5.74, 6) is -1.81. The highest BCUT2D eigenvalue weighted by atomic mass is 35.5. The summed E-state index contributed by atoms with van der Waals surface area (Å²) in [7, 11) is 0. The fourth-order valence-electron chi connectivity index (χ4n) is 3.15. The summed E-state index contributed by atoms with van der Waals surface area (Å²) in [6.07, 6.45) is 2.64. The van der Waals surface area contributed by atoms with Gasteiger partial charge in [-0.3, -0.25) is 14.6 Å². The average molecular weight is 413 g/mol. The number of thiazole rings is 1. The van der Waals surface area contributed by atoms with Gasteiger partial charge in [0.2, 0.25) is 0 Å². The van der Waals surface area contributed by atoms with E-state index in [4.69, 9.17) is 11.6 Å². The standard InChI is InChI=1S/C21H14ClFN2O2S/c1-11-19(25-21(28-11)12-2-4-14(22)5-3-12)18-17(26)9-13(20(18)27)8-16-7-6-15(23)10-24-16/h2-8,10,18H,9H2,1H3/b13-8+. The van der Waals surface area contributed by atoms with Crippen LogP contribution < -0.4 is 0 Å². The topological polar surface area (TPSA) is 59.9 Å². The number of Topliss-reactive ketones (excluding diaryl/α,β-unsaturated/α-hetero) is 2. The summed E-state index contributed by atoms with van der Waals surface area (Å²) in [6.45, 7) is 1.86. The van der Waals surface area contributed by atoms with Gasteiger partial charge in [-0.25, -0.2) is 9.37 Å². The van der Waals surface area contributed by atoms with Crippen molar-refractivity contribution in [2.75, 3.05) is 0 Å². The Morgan fingerprint density at radius 1 is 1.18 bits per heavy atom. The molecule has 7 heteroatoms. The third kappa shape index (κ3) is 3.53. The Hall–Kier alpha value is -2.70. The monoisotopic (exact) mass is 412 g/mol.